The molecule has 1 fully saturated rings. The zero-order chi connectivity index (χ0) is 20.3. The molecule has 146 valence electrons. The Labute approximate surface area is 166 Å². The molecule has 7 nitrogen and oxygen atoms in total. The molecule has 27 heavy (non-hydrogen) atoms. The van der Waals surface area contributed by atoms with Crippen LogP contribution in [0.15, 0.2) is 17.0 Å². The van der Waals surface area contributed by atoms with Crippen LogP contribution in [0, 0.1) is 0 Å². The van der Waals surface area contributed by atoms with Crippen LogP contribution in [-0.2, 0) is 14.3 Å². The molecular formula is C18H20ClNO6S. The maximum atomic E-state index is 12.6. The molecule has 0 N–H and O–H groups in total. The Kier molecular flexibility index (Phi) is 6.78. The average Bonchev–Trinajstić information content (AvgIpc) is 2.88. The molecule has 0 saturated carbocycles. The summed E-state index contributed by atoms with van der Waals surface area (Å²) >= 11 is 7.03. The van der Waals surface area contributed by atoms with Crippen molar-refractivity contribution < 1.29 is 28.6 Å². The Morgan fingerprint density at radius 2 is 1.89 bits per heavy atom. The third-order valence-corrected chi connectivity index (χ3v) is 4.82. The van der Waals surface area contributed by atoms with Crippen LogP contribution < -0.4 is 9.47 Å². The van der Waals surface area contributed by atoms with Crippen LogP contribution in [0.2, 0.25) is 5.02 Å². The van der Waals surface area contributed by atoms with E-state index in [-0.39, 0.29) is 11.0 Å². The molecule has 0 aliphatic carbocycles. The van der Waals surface area contributed by atoms with Crippen molar-refractivity contribution in [2.75, 3.05) is 14.2 Å². The number of carbonyl (C=O) groups is 3. The lowest BCUT2D eigenvalue weighted by molar-refractivity contribution is -0.148. The van der Waals surface area contributed by atoms with E-state index in [0.29, 0.717) is 22.1 Å². The number of hydrogen-bond donors (Lipinski definition) is 0. The molecule has 0 unspecified atom stereocenters. The first kappa shape index (κ1) is 21.1. The van der Waals surface area contributed by atoms with Crippen molar-refractivity contribution in [2.45, 2.75) is 32.9 Å². The molecular weight excluding hydrogens is 394 g/mol. The van der Waals surface area contributed by atoms with E-state index in [1.807, 2.05) is 13.8 Å². The molecule has 1 atom stereocenters. The molecule has 2 rings (SSSR count). The fraction of sp³-hybridized carbons (Fsp3) is 0.389. The van der Waals surface area contributed by atoms with Crippen LogP contribution in [0.25, 0.3) is 6.08 Å². The van der Waals surface area contributed by atoms with Gasteiger partial charge in [0.1, 0.15) is 6.04 Å². The van der Waals surface area contributed by atoms with E-state index < -0.39 is 23.2 Å². The van der Waals surface area contributed by atoms with Gasteiger partial charge >= 0.3 is 5.97 Å². The Balaban J connectivity index is 2.36. The molecule has 0 bridgehead atoms. The second kappa shape index (κ2) is 8.67. The number of amides is 2. The van der Waals surface area contributed by atoms with Gasteiger partial charge in [-0.2, -0.15) is 0 Å². The molecule has 0 aromatic heterocycles. The Bertz CT molecular complexity index is 807. The van der Waals surface area contributed by atoms with Crippen LogP contribution in [-0.4, -0.2) is 48.4 Å². The number of carbonyl (C=O) groups excluding carboxylic acids is 3. The molecule has 1 aliphatic heterocycles. The number of esters is 1. The lowest BCUT2D eigenvalue weighted by Crippen LogP contribution is -2.42. The van der Waals surface area contributed by atoms with Crippen LogP contribution in [0.1, 0.15) is 26.3 Å². The highest BCUT2D eigenvalue weighted by atomic mass is 35.5. The summed E-state index contributed by atoms with van der Waals surface area (Å²) in [5.41, 5.74) is 0.559. The van der Waals surface area contributed by atoms with Gasteiger partial charge in [-0.05, 0) is 56.3 Å². The number of rotatable bonds is 6. The van der Waals surface area contributed by atoms with Crippen LogP contribution in [0.4, 0.5) is 4.79 Å². The number of thioether (sulfide) groups is 1. The summed E-state index contributed by atoms with van der Waals surface area (Å²) in [7, 11) is 2.68. The second-order valence-corrected chi connectivity index (χ2v) is 7.35. The maximum absolute atomic E-state index is 12.6. The normalized spacial score (nSPS) is 16.9. The first-order valence-electron chi connectivity index (χ1n) is 8.08. The number of benzene rings is 1. The minimum absolute atomic E-state index is 0.0986. The van der Waals surface area contributed by atoms with Gasteiger partial charge < -0.3 is 14.2 Å². The molecule has 0 spiro atoms. The number of hydrogen-bond acceptors (Lipinski definition) is 7. The third-order valence-electron chi connectivity index (χ3n) is 3.66. The summed E-state index contributed by atoms with van der Waals surface area (Å²) in [6, 6.07) is 2.26. The quantitative estimate of drug-likeness (QED) is 0.519. The Morgan fingerprint density at radius 3 is 2.44 bits per heavy atom. The van der Waals surface area contributed by atoms with Crippen LogP contribution in [0.3, 0.4) is 0 Å². The molecule has 1 aromatic rings. The van der Waals surface area contributed by atoms with Crippen LogP contribution >= 0.6 is 23.4 Å². The van der Waals surface area contributed by atoms with Crippen molar-refractivity contribution in [1.82, 2.24) is 4.90 Å². The molecule has 1 heterocycles. The summed E-state index contributed by atoms with van der Waals surface area (Å²) < 4.78 is 15.6. The van der Waals surface area contributed by atoms with E-state index in [9.17, 15) is 14.4 Å². The largest absolute Gasteiger partial charge is 0.493 e. The highest BCUT2D eigenvalue weighted by Gasteiger charge is 2.41. The van der Waals surface area contributed by atoms with Gasteiger partial charge in [-0.15, -0.1) is 0 Å². The van der Waals surface area contributed by atoms with E-state index in [1.165, 1.54) is 27.2 Å². The zero-order valence-corrected chi connectivity index (χ0v) is 17.1. The standard InChI is InChI=1S/C18H20ClNO6S/c1-9(2)26-15-12(19)6-11(7-13(15)24-4)8-14-16(21)20(18(23)27-14)10(3)17(22)25-5/h6-10H,1-5H3/b14-8+/t10-/m0/s1. The fourth-order valence-corrected chi connectivity index (χ4v) is 3.59. The van der Waals surface area contributed by atoms with Crippen molar-refractivity contribution in [1.29, 1.82) is 0 Å². The monoisotopic (exact) mass is 413 g/mol. The molecule has 0 radical (unpaired) electrons. The molecule has 9 heteroatoms. The van der Waals surface area contributed by atoms with Gasteiger partial charge in [-0.1, -0.05) is 11.6 Å². The van der Waals surface area contributed by atoms with Crippen molar-refractivity contribution in [2.24, 2.45) is 0 Å². The Hall–Kier alpha value is -2.19. The molecule has 2 amide bonds. The van der Waals surface area contributed by atoms with Crippen molar-refractivity contribution in [3.05, 3.63) is 27.6 Å². The number of nitrogens with zero attached hydrogens (tertiary/aromatic N) is 1. The van der Waals surface area contributed by atoms with Crippen molar-refractivity contribution in [3.63, 3.8) is 0 Å². The number of imide groups is 1. The first-order valence-corrected chi connectivity index (χ1v) is 9.28. The van der Waals surface area contributed by atoms with E-state index in [0.717, 1.165) is 16.7 Å². The number of ether oxygens (including phenoxy) is 3. The van der Waals surface area contributed by atoms with Gasteiger partial charge in [0, 0.05) is 0 Å². The van der Waals surface area contributed by atoms with Gasteiger partial charge in [0.05, 0.1) is 30.3 Å². The second-order valence-electron chi connectivity index (χ2n) is 5.95. The van der Waals surface area contributed by atoms with Gasteiger partial charge in [-0.25, -0.2) is 4.79 Å². The van der Waals surface area contributed by atoms with E-state index in [2.05, 4.69) is 4.74 Å². The van der Waals surface area contributed by atoms with Gasteiger partial charge in [0.2, 0.25) is 0 Å². The highest BCUT2D eigenvalue weighted by Crippen LogP contribution is 2.39. The molecule has 1 aromatic carbocycles. The van der Waals surface area contributed by atoms with Gasteiger partial charge in [-0.3, -0.25) is 14.5 Å². The predicted octanol–water partition coefficient (Wildman–Crippen LogP) is 3.73. The van der Waals surface area contributed by atoms with E-state index in [4.69, 9.17) is 21.1 Å². The number of halogens is 1. The minimum atomic E-state index is -1.01. The van der Waals surface area contributed by atoms with E-state index in [1.54, 1.807) is 12.1 Å². The smallest absolute Gasteiger partial charge is 0.328 e. The zero-order valence-electron chi connectivity index (χ0n) is 15.6. The minimum Gasteiger partial charge on any atom is -0.493 e. The average molecular weight is 414 g/mol. The summed E-state index contributed by atoms with van der Waals surface area (Å²) in [4.78, 5) is 37.4. The van der Waals surface area contributed by atoms with E-state index >= 15 is 0 Å². The van der Waals surface area contributed by atoms with Crippen molar-refractivity contribution >= 4 is 46.6 Å². The summed E-state index contributed by atoms with van der Waals surface area (Å²) in [5, 5.41) is -0.224. The third kappa shape index (κ3) is 4.56. The highest BCUT2D eigenvalue weighted by molar-refractivity contribution is 8.18. The molecule has 1 aliphatic rings. The topological polar surface area (TPSA) is 82.1 Å². The maximum Gasteiger partial charge on any atom is 0.328 e. The lowest BCUT2D eigenvalue weighted by Gasteiger charge is -2.18. The molecule has 1 saturated heterocycles. The van der Waals surface area contributed by atoms with Crippen LogP contribution in [0.5, 0.6) is 11.5 Å². The lowest BCUT2D eigenvalue weighted by atomic mass is 10.1. The first-order chi connectivity index (χ1) is 12.7. The SMILES string of the molecule is COC(=O)[C@H](C)N1C(=O)S/C(=C/c2cc(Cl)c(OC(C)C)c(OC)c2)C1=O. The summed E-state index contributed by atoms with van der Waals surface area (Å²) in [6.07, 6.45) is 1.42. The van der Waals surface area contributed by atoms with Crippen molar-refractivity contribution in [3.8, 4) is 11.5 Å². The number of methoxy groups -OCH3 is 2. The predicted molar refractivity (Wildman–Crippen MR) is 103 cm³/mol. The summed E-state index contributed by atoms with van der Waals surface area (Å²) in [5.74, 6) is -0.428. The summed E-state index contributed by atoms with van der Waals surface area (Å²) in [6.45, 7) is 5.16. The van der Waals surface area contributed by atoms with Gasteiger partial charge in [0.25, 0.3) is 11.1 Å². The van der Waals surface area contributed by atoms with Gasteiger partial charge in [0.15, 0.2) is 11.5 Å². The Morgan fingerprint density at radius 1 is 1.22 bits per heavy atom. The fourth-order valence-electron chi connectivity index (χ4n) is 2.41.